The SMILES string of the molecule is [Co].[Cr].[H-].[H-].[Mg+2].[Ni].[W]. The summed E-state index contributed by atoms with van der Waals surface area (Å²) in [6.45, 7) is 0. The third-order valence-corrected chi connectivity index (χ3v) is 0. The number of rotatable bonds is 0. The molecule has 0 fully saturated rings. The summed E-state index contributed by atoms with van der Waals surface area (Å²) in [5, 5.41) is 0. The summed E-state index contributed by atoms with van der Waals surface area (Å²) in [5.41, 5.74) is 0. The van der Waals surface area contributed by atoms with Crippen molar-refractivity contribution < 1.29 is 74.5 Å². The minimum absolute atomic E-state index is 0. The molecule has 0 heterocycles. The van der Waals surface area contributed by atoms with Crippen LogP contribution in [0.4, 0.5) is 0 Å². The molecule has 35 valence electrons. The molecule has 1 radical (unpaired) electrons. The van der Waals surface area contributed by atoms with Crippen LogP contribution in [0.1, 0.15) is 2.85 Å². The summed E-state index contributed by atoms with van der Waals surface area (Å²) < 4.78 is 0. The molecule has 0 bridgehead atoms. The third kappa shape index (κ3) is 19.5. The molecule has 0 atom stereocenters. The van der Waals surface area contributed by atoms with E-state index in [0.717, 1.165) is 0 Å². The quantitative estimate of drug-likeness (QED) is 0.513. The van der Waals surface area contributed by atoms with Crippen molar-refractivity contribution in [3.8, 4) is 0 Å². The van der Waals surface area contributed by atoms with Crippen molar-refractivity contribution >= 4 is 23.1 Å². The van der Waals surface area contributed by atoms with E-state index < -0.39 is 0 Å². The van der Waals surface area contributed by atoms with E-state index in [4.69, 9.17) is 0 Å². The van der Waals surface area contributed by atoms with Gasteiger partial charge in [-0.2, -0.15) is 0 Å². The average molecular weight is 380 g/mol. The zero-order chi connectivity index (χ0) is 0. The smallest absolute Gasteiger partial charge is 1.00 e. The van der Waals surface area contributed by atoms with Gasteiger partial charge in [-0.15, -0.1) is 0 Å². The molecule has 0 amide bonds. The first-order valence-electron chi connectivity index (χ1n) is 0. The molecule has 0 N–H and O–H groups in total. The number of hydrogen-bond acceptors (Lipinski definition) is 0. The minimum Gasteiger partial charge on any atom is -1.00 e. The molecule has 0 aliphatic carbocycles. The molecule has 0 saturated heterocycles. The van der Waals surface area contributed by atoms with Gasteiger partial charge in [0, 0.05) is 71.7 Å². The molecule has 0 saturated carbocycles. The molecule has 0 aromatic rings. The zero-order valence-electron chi connectivity index (χ0n) is 4.17. The van der Waals surface area contributed by atoms with Crippen molar-refractivity contribution in [2.75, 3.05) is 0 Å². The van der Waals surface area contributed by atoms with E-state index in [2.05, 4.69) is 0 Å². The van der Waals surface area contributed by atoms with E-state index in [1.807, 2.05) is 0 Å². The molecular weight excluding hydrogens is 378 g/mol. The van der Waals surface area contributed by atoms with Gasteiger partial charge < -0.3 is 2.85 Å². The van der Waals surface area contributed by atoms with Crippen LogP contribution in [-0.2, 0) is 71.7 Å². The molecule has 0 aromatic carbocycles. The van der Waals surface area contributed by atoms with E-state index >= 15 is 0 Å². The maximum absolute atomic E-state index is 0. The molecule has 0 aliphatic rings. The van der Waals surface area contributed by atoms with Gasteiger partial charge in [0.05, 0.1) is 0 Å². The van der Waals surface area contributed by atoms with Crippen LogP contribution < -0.4 is 0 Å². The van der Waals surface area contributed by atoms with Crippen molar-refractivity contribution in [3.63, 3.8) is 0 Å². The van der Waals surface area contributed by atoms with Crippen molar-refractivity contribution in [2.24, 2.45) is 0 Å². The molecule has 5 heavy (non-hydrogen) atoms. The molecule has 5 heteroatoms. The molecule has 0 unspecified atom stereocenters. The molecule has 0 spiro atoms. The average Bonchev–Trinajstić information content (AvgIpc) is 0. The van der Waals surface area contributed by atoms with Crippen molar-refractivity contribution in [1.29, 1.82) is 0 Å². The topological polar surface area (TPSA) is 0 Å². The van der Waals surface area contributed by atoms with Crippen LogP contribution in [0, 0.1) is 0 Å². The Kier molecular flexibility index (Phi) is 245. The normalized spacial score (nSPS) is 0. The van der Waals surface area contributed by atoms with Gasteiger partial charge in [-0.25, -0.2) is 0 Å². The molecule has 0 nitrogen and oxygen atoms in total. The van der Waals surface area contributed by atoms with Crippen LogP contribution in [-0.4, -0.2) is 23.1 Å². The van der Waals surface area contributed by atoms with Gasteiger partial charge in [-0.3, -0.25) is 0 Å². The second-order valence-electron chi connectivity index (χ2n) is 0. The monoisotopic (exact) mass is 379 g/mol. The number of hydrogen-bond donors (Lipinski definition) is 0. The Labute approximate surface area is 96.2 Å². The molecule has 0 aromatic heterocycles. The van der Waals surface area contributed by atoms with E-state index in [1.165, 1.54) is 0 Å². The first-order chi connectivity index (χ1) is 0. The molecule has 0 aliphatic heterocycles. The Bertz CT molecular complexity index is 17.7. The van der Waals surface area contributed by atoms with E-state index in [9.17, 15) is 0 Å². The summed E-state index contributed by atoms with van der Waals surface area (Å²) in [6.07, 6.45) is 0. The van der Waals surface area contributed by atoms with E-state index in [1.54, 1.807) is 0 Å². The van der Waals surface area contributed by atoms with Gasteiger partial charge >= 0.3 is 23.1 Å². The maximum Gasteiger partial charge on any atom is 2.00 e. The fourth-order valence-electron chi connectivity index (χ4n) is 0. The first kappa shape index (κ1) is 43.7. The van der Waals surface area contributed by atoms with Gasteiger partial charge in [0.25, 0.3) is 0 Å². The second kappa shape index (κ2) is 28.1. The fraction of sp³-hybridized carbons (Fsp3) is 0. The van der Waals surface area contributed by atoms with Crippen LogP contribution in [0.5, 0.6) is 0 Å². The van der Waals surface area contributed by atoms with Gasteiger partial charge in [0.1, 0.15) is 0 Å². The standard InChI is InChI=1S/Co.Cr.Mg.Ni.W.2H/q;;+2;;;2*-1. The summed E-state index contributed by atoms with van der Waals surface area (Å²) in [7, 11) is 0. The maximum atomic E-state index is 0. The largest absolute Gasteiger partial charge is 2.00 e. The first-order valence-corrected chi connectivity index (χ1v) is 0. The summed E-state index contributed by atoms with van der Waals surface area (Å²) in [5.74, 6) is 0. The van der Waals surface area contributed by atoms with E-state index in [0.29, 0.717) is 0 Å². The van der Waals surface area contributed by atoms with Crippen LogP contribution >= 0.6 is 0 Å². The van der Waals surface area contributed by atoms with Gasteiger partial charge in [-0.1, -0.05) is 0 Å². The van der Waals surface area contributed by atoms with Crippen LogP contribution in [0.2, 0.25) is 0 Å². The zero-order valence-corrected chi connectivity index (χ0v) is 9.82. The molecular formula is H2CoCrMgNiW. The summed E-state index contributed by atoms with van der Waals surface area (Å²) in [4.78, 5) is 0. The van der Waals surface area contributed by atoms with Crippen LogP contribution in [0.15, 0.2) is 0 Å². The van der Waals surface area contributed by atoms with Crippen LogP contribution in [0.25, 0.3) is 0 Å². The van der Waals surface area contributed by atoms with Gasteiger partial charge in [-0.05, 0) is 0 Å². The predicted octanol–water partition coefficient (Wildman–Crippen LogP) is -0.166. The molecule has 0 rings (SSSR count). The Morgan fingerprint density at radius 1 is 1.20 bits per heavy atom. The Morgan fingerprint density at radius 3 is 1.20 bits per heavy atom. The van der Waals surface area contributed by atoms with Crippen molar-refractivity contribution in [1.82, 2.24) is 0 Å². The Balaban J connectivity index is 0. The van der Waals surface area contributed by atoms with Gasteiger partial charge in [0.15, 0.2) is 0 Å². The van der Waals surface area contributed by atoms with Crippen LogP contribution in [0.3, 0.4) is 0 Å². The van der Waals surface area contributed by atoms with Crippen molar-refractivity contribution in [2.45, 2.75) is 0 Å². The third-order valence-electron chi connectivity index (χ3n) is 0. The second-order valence-corrected chi connectivity index (χ2v) is 0. The summed E-state index contributed by atoms with van der Waals surface area (Å²) >= 11 is 0. The summed E-state index contributed by atoms with van der Waals surface area (Å²) in [6, 6.07) is 0. The predicted molar refractivity (Wildman–Crippen MR) is 7.98 cm³/mol. The van der Waals surface area contributed by atoms with E-state index in [-0.39, 0.29) is 97.6 Å². The van der Waals surface area contributed by atoms with Gasteiger partial charge in [0.2, 0.25) is 0 Å². The minimum atomic E-state index is 0. The Hall–Kier alpha value is 2.99. The fourth-order valence-corrected chi connectivity index (χ4v) is 0. The Morgan fingerprint density at radius 2 is 1.20 bits per heavy atom. The van der Waals surface area contributed by atoms with Crippen molar-refractivity contribution in [3.05, 3.63) is 0 Å².